The molecule has 1 aromatic heterocycles. The lowest BCUT2D eigenvalue weighted by atomic mass is 10.2. The summed E-state index contributed by atoms with van der Waals surface area (Å²) in [5, 5.41) is 10.9. The van der Waals surface area contributed by atoms with Gasteiger partial charge in [0, 0.05) is 9.35 Å². The van der Waals surface area contributed by atoms with Crippen LogP contribution in [0, 0.1) is 6.92 Å². The van der Waals surface area contributed by atoms with Crippen LogP contribution in [0.1, 0.15) is 16.5 Å². The van der Waals surface area contributed by atoms with Gasteiger partial charge in [0.25, 0.3) is 0 Å². The second-order valence-electron chi connectivity index (χ2n) is 4.32. The maximum atomic E-state index is 12.3. The van der Waals surface area contributed by atoms with Crippen molar-refractivity contribution in [3.63, 3.8) is 0 Å². The van der Waals surface area contributed by atoms with E-state index in [0.717, 1.165) is 10.0 Å². The number of carbonyl (C=O) groups is 1. The summed E-state index contributed by atoms with van der Waals surface area (Å²) in [7, 11) is -3.91. The van der Waals surface area contributed by atoms with Crippen molar-refractivity contribution in [1.82, 2.24) is 4.72 Å². The minimum absolute atomic E-state index is 0.0333. The van der Waals surface area contributed by atoms with Gasteiger partial charge in [-0.15, -0.1) is 11.3 Å². The summed E-state index contributed by atoms with van der Waals surface area (Å²) in [4.78, 5) is 11.8. The maximum Gasteiger partial charge on any atom is 0.327 e. The van der Waals surface area contributed by atoms with E-state index in [1.165, 1.54) is 23.5 Å². The first-order chi connectivity index (χ1) is 9.81. The van der Waals surface area contributed by atoms with E-state index in [9.17, 15) is 18.3 Å². The van der Waals surface area contributed by atoms with E-state index in [1.54, 1.807) is 30.5 Å². The summed E-state index contributed by atoms with van der Waals surface area (Å²) in [6, 6.07) is 6.49. The van der Waals surface area contributed by atoms with Gasteiger partial charge in [0.2, 0.25) is 10.0 Å². The van der Waals surface area contributed by atoms with Gasteiger partial charge < -0.3 is 5.11 Å². The average Bonchev–Trinajstić information content (AvgIpc) is 2.92. The van der Waals surface area contributed by atoms with Crippen LogP contribution < -0.4 is 4.72 Å². The quantitative estimate of drug-likeness (QED) is 0.823. The van der Waals surface area contributed by atoms with Crippen molar-refractivity contribution in [2.75, 3.05) is 0 Å². The summed E-state index contributed by atoms with van der Waals surface area (Å²) in [5.41, 5.74) is 0.751. The largest absolute Gasteiger partial charge is 0.480 e. The zero-order chi connectivity index (χ0) is 15.6. The molecule has 0 aliphatic carbocycles. The molecule has 1 atom stereocenters. The van der Waals surface area contributed by atoms with Crippen molar-refractivity contribution in [3.05, 3.63) is 50.6 Å². The van der Waals surface area contributed by atoms with Crippen LogP contribution >= 0.6 is 27.3 Å². The molecule has 2 rings (SSSR count). The highest BCUT2D eigenvalue weighted by molar-refractivity contribution is 9.10. The summed E-state index contributed by atoms with van der Waals surface area (Å²) < 4.78 is 27.7. The molecule has 0 aliphatic rings. The Morgan fingerprint density at radius 2 is 2.10 bits per heavy atom. The Hall–Kier alpha value is -1.22. The molecule has 21 heavy (non-hydrogen) atoms. The number of carboxylic acid groups (broad SMARTS) is 1. The fourth-order valence-electron chi connectivity index (χ4n) is 1.69. The molecule has 2 aromatic rings. The fraction of sp³-hybridized carbons (Fsp3) is 0.154. The van der Waals surface area contributed by atoms with Gasteiger partial charge in [-0.1, -0.05) is 22.0 Å². The van der Waals surface area contributed by atoms with Crippen molar-refractivity contribution in [3.8, 4) is 0 Å². The van der Waals surface area contributed by atoms with Gasteiger partial charge in [-0.2, -0.15) is 4.72 Å². The molecule has 1 unspecified atom stereocenters. The molecule has 0 fully saturated rings. The Labute approximate surface area is 134 Å². The molecular formula is C13H12BrNO4S2. The Balaban J connectivity index is 2.35. The van der Waals surface area contributed by atoms with Crippen molar-refractivity contribution in [2.45, 2.75) is 17.9 Å². The van der Waals surface area contributed by atoms with Crippen LogP contribution in [0.15, 0.2) is 45.1 Å². The van der Waals surface area contributed by atoms with Crippen molar-refractivity contribution < 1.29 is 18.3 Å². The van der Waals surface area contributed by atoms with E-state index < -0.39 is 22.0 Å². The molecule has 2 N–H and O–H groups in total. The van der Waals surface area contributed by atoms with Gasteiger partial charge in [0.15, 0.2) is 6.04 Å². The van der Waals surface area contributed by atoms with Gasteiger partial charge in [0.05, 0.1) is 4.90 Å². The smallest absolute Gasteiger partial charge is 0.327 e. The van der Waals surface area contributed by atoms with Gasteiger partial charge in [-0.05, 0) is 42.1 Å². The van der Waals surface area contributed by atoms with Crippen molar-refractivity contribution in [1.29, 1.82) is 0 Å². The molecule has 0 bridgehead atoms. The van der Waals surface area contributed by atoms with E-state index in [-0.39, 0.29) is 4.90 Å². The summed E-state index contributed by atoms with van der Waals surface area (Å²) >= 11 is 4.48. The molecule has 0 aliphatic heterocycles. The van der Waals surface area contributed by atoms with Gasteiger partial charge in [-0.25, -0.2) is 8.42 Å². The fourth-order valence-corrected chi connectivity index (χ4v) is 4.03. The predicted octanol–water partition coefficient (Wildman–Crippen LogP) is 2.92. The third-order valence-corrected chi connectivity index (χ3v) is 6.03. The van der Waals surface area contributed by atoms with E-state index in [2.05, 4.69) is 20.7 Å². The van der Waals surface area contributed by atoms with Crippen molar-refractivity contribution >= 4 is 43.3 Å². The van der Waals surface area contributed by atoms with Gasteiger partial charge >= 0.3 is 5.97 Å². The van der Waals surface area contributed by atoms with Crippen LogP contribution in [0.4, 0.5) is 0 Å². The highest BCUT2D eigenvalue weighted by Gasteiger charge is 2.27. The Morgan fingerprint density at radius 1 is 1.38 bits per heavy atom. The highest BCUT2D eigenvalue weighted by Crippen LogP contribution is 2.24. The summed E-state index contributed by atoms with van der Waals surface area (Å²) in [6.07, 6.45) is 0. The average molecular weight is 390 g/mol. The lowest BCUT2D eigenvalue weighted by Gasteiger charge is -2.14. The van der Waals surface area contributed by atoms with Crippen LogP contribution in [0.5, 0.6) is 0 Å². The Morgan fingerprint density at radius 3 is 2.62 bits per heavy atom. The molecular weight excluding hydrogens is 378 g/mol. The topological polar surface area (TPSA) is 83.5 Å². The number of sulfonamides is 1. The first-order valence-corrected chi connectivity index (χ1v) is 9.01. The zero-order valence-corrected chi connectivity index (χ0v) is 14.1. The number of nitrogens with one attached hydrogen (secondary N) is 1. The SMILES string of the molecule is Cc1cc(S(=O)(=O)NC(C(=O)O)c2cccs2)ccc1Br. The van der Waals surface area contributed by atoms with Crippen LogP contribution in [-0.2, 0) is 14.8 Å². The van der Waals surface area contributed by atoms with Gasteiger partial charge in [-0.3, -0.25) is 4.79 Å². The van der Waals surface area contributed by atoms with Crippen molar-refractivity contribution in [2.24, 2.45) is 0 Å². The molecule has 0 amide bonds. The Kier molecular flexibility index (Phi) is 4.82. The van der Waals surface area contributed by atoms with Crippen LogP contribution in [0.25, 0.3) is 0 Å². The summed E-state index contributed by atoms with van der Waals surface area (Å²) in [6.45, 7) is 1.76. The molecule has 1 aromatic carbocycles. The highest BCUT2D eigenvalue weighted by atomic mass is 79.9. The first-order valence-electron chi connectivity index (χ1n) is 5.86. The number of aryl methyl sites for hydroxylation is 1. The number of thiophene rings is 1. The molecule has 0 radical (unpaired) electrons. The number of rotatable bonds is 5. The minimum Gasteiger partial charge on any atom is -0.480 e. The normalized spacial score (nSPS) is 13.0. The van der Waals surface area contributed by atoms with E-state index in [1.807, 2.05) is 0 Å². The number of hydrogen-bond acceptors (Lipinski definition) is 4. The molecule has 0 saturated carbocycles. The molecule has 1 heterocycles. The molecule has 8 heteroatoms. The maximum absolute atomic E-state index is 12.3. The monoisotopic (exact) mass is 389 g/mol. The number of hydrogen-bond donors (Lipinski definition) is 2. The number of carboxylic acids is 1. The van der Waals surface area contributed by atoms with E-state index >= 15 is 0 Å². The number of halogens is 1. The molecule has 0 spiro atoms. The summed E-state index contributed by atoms with van der Waals surface area (Å²) in [5.74, 6) is -1.24. The minimum atomic E-state index is -3.91. The van der Waals surface area contributed by atoms with Crippen LogP contribution in [-0.4, -0.2) is 19.5 Å². The predicted molar refractivity (Wildman–Crippen MR) is 83.9 cm³/mol. The van der Waals surface area contributed by atoms with Crippen LogP contribution in [0.2, 0.25) is 0 Å². The number of benzene rings is 1. The van der Waals surface area contributed by atoms with Gasteiger partial charge in [0.1, 0.15) is 0 Å². The second kappa shape index (κ2) is 6.27. The van der Waals surface area contributed by atoms with E-state index in [4.69, 9.17) is 0 Å². The molecule has 0 saturated heterocycles. The molecule has 5 nitrogen and oxygen atoms in total. The lowest BCUT2D eigenvalue weighted by molar-refractivity contribution is -0.139. The van der Waals surface area contributed by atoms with E-state index in [0.29, 0.717) is 4.88 Å². The Bertz CT molecular complexity index is 756. The standard InChI is InChI=1S/C13H12BrNO4S2/c1-8-7-9(4-5-10(8)14)21(18,19)15-12(13(16)17)11-3-2-6-20-11/h2-7,12,15H,1H3,(H,16,17). The van der Waals surface area contributed by atoms with Crippen LogP contribution in [0.3, 0.4) is 0 Å². The second-order valence-corrected chi connectivity index (χ2v) is 7.87. The third-order valence-electron chi connectivity index (χ3n) is 2.79. The molecule has 112 valence electrons. The number of aliphatic carboxylic acids is 1. The first kappa shape index (κ1) is 16.2. The lowest BCUT2D eigenvalue weighted by Crippen LogP contribution is -2.33. The zero-order valence-electron chi connectivity index (χ0n) is 10.9. The third kappa shape index (κ3) is 3.70.